The van der Waals surface area contributed by atoms with E-state index < -0.39 is 0 Å². The second kappa shape index (κ2) is 11.1. The van der Waals surface area contributed by atoms with Crippen molar-refractivity contribution in [2.45, 2.75) is 45.3 Å². The lowest BCUT2D eigenvalue weighted by atomic mass is 10.2. The molecule has 2 rings (SSSR count). The van der Waals surface area contributed by atoms with Crippen LogP contribution >= 0.6 is 24.0 Å². The lowest BCUT2D eigenvalue weighted by molar-refractivity contribution is 0.199. The third-order valence-corrected chi connectivity index (χ3v) is 3.54. The van der Waals surface area contributed by atoms with Crippen LogP contribution < -0.4 is 15.4 Å². The highest BCUT2D eigenvalue weighted by atomic mass is 127. The first kappa shape index (κ1) is 19.6. The van der Waals surface area contributed by atoms with Crippen LogP contribution in [0.4, 0.5) is 0 Å². The fourth-order valence-electron chi connectivity index (χ4n) is 2.46. The third-order valence-electron chi connectivity index (χ3n) is 3.54. The first-order valence-corrected chi connectivity index (χ1v) is 7.89. The Balaban J connectivity index is 0.00000264. The van der Waals surface area contributed by atoms with Crippen molar-refractivity contribution in [2.75, 3.05) is 13.1 Å². The zero-order valence-corrected chi connectivity index (χ0v) is 15.9. The number of nitrogens with zero attached hydrogens (tertiary/aromatic N) is 2. The fraction of sp³-hybridized carbons (Fsp3) is 0.529. The molecule has 126 valence electrons. The van der Waals surface area contributed by atoms with E-state index in [1.807, 2.05) is 19.1 Å². The number of terminal acetylenes is 1. The Labute approximate surface area is 155 Å². The molecule has 1 aliphatic rings. The van der Waals surface area contributed by atoms with Crippen molar-refractivity contribution >= 4 is 29.9 Å². The van der Waals surface area contributed by atoms with E-state index in [0.29, 0.717) is 31.0 Å². The Morgan fingerprint density at radius 2 is 2.22 bits per heavy atom. The van der Waals surface area contributed by atoms with E-state index in [2.05, 4.69) is 26.5 Å². The van der Waals surface area contributed by atoms with Crippen LogP contribution in [-0.2, 0) is 6.54 Å². The zero-order valence-electron chi connectivity index (χ0n) is 13.5. The smallest absolute Gasteiger partial charge is 0.218 e. The standard InChI is InChI=1S/C17H24N4O.HI/c1-3-11-20-17(18-4-2)21-13-14-8-7-12-19-16(14)22-15-9-5-6-10-15;/h1,7-8,12,15H,4-6,9-11,13H2,2H3,(H2,18,20,21);1H. The van der Waals surface area contributed by atoms with Crippen LogP contribution in [0.5, 0.6) is 5.88 Å². The molecule has 0 saturated heterocycles. The Hall–Kier alpha value is -1.49. The molecule has 0 amide bonds. The van der Waals surface area contributed by atoms with Gasteiger partial charge in [0.25, 0.3) is 0 Å². The van der Waals surface area contributed by atoms with Gasteiger partial charge >= 0.3 is 0 Å². The Morgan fingerprint density at radius 3 is 2.91 bits per heavy atom. The van der Waals surface area contributed by atoms with Crippen molar-refractivity contribution in [1.29, 1.82) is 0 Å². The number of ether oxygens (including phenoxy) is 1. The monoisotopic (exact) mass is 428 g/mol. The van der Waals surface area contributed by atoms with Crippen LogP contribution in [0, 0.1) is 12.3 Å². The quantitative estimate of drug-likeness (QED) is 0.317. The average Bonchev–Trinajstić information content (AvgIpc) is 3.04. The number of hydrogen-bond donors (Lipinski definition) is 2. The van der Waals surface area contributed by atoms with E-state index in [0.717, 1.165) is 24.9 Å². The minimum atomic E-state index is 0. The van der Waals surface area contributed by atoms with Crippen LogP contribution in [0.1, 0.15) is 38.2 Å². The summed E-state index contributed by atoms with van der Waals surface area (Å²) in [5, 5.41) is 6.24. The van der Waals surface area contributed by atoms with Crippen molar-refractivity contribution in [1.82, 2.24) is 15.6 Å². The van der Waals surface area contributed by atoms with Crippen LogP contribution in [0.3, 0.4) is 0 Å². The minimum absolute atomic E-state index is 0. The number of halogens is 1. The SMILES string of the molecule is C#CCNC(=NCc1cccnc1OC1CCCC1)NCC.I. The molecule has 0 aromatic carbocycles. The van der Waals surface area contributed by atoms with Gasteiger partial charge in [0.1, 0.15) is 6.10 Å². The number of hydrogen-bond acceptors (Lipinski definition) is 3. The van der Waals surface area contributed by atoms with E-state index in [-0.39, 0.29) is 24.0 Å². The molecule has 1 fully saturated rings. The van der Waals surface area contributed by atoms with Gasteiger partial charge in [-0.15, -0.1) is 30.4 Å². The predicted molar refractivity (Wildman–Crippen MR) is 104 cm³/mol. The summed E-state index contributed by atoms with van der Waals surface area (Å²) < 4.78 is 6.03. The van der Waals surface area contributed by atoms with Crippen molar-refractivity contribution in [2.24, 2.45) is 4.99 Å². The van der Waals surface area contributed by atoms with Crippen molar-refractivity contribution in [3.8, 4) is 18.2 Å². The van der Waals surface area contributed by atoms with Crippen LogP contribution in [0.15, 0.2) is 23.3 Å². The van der Waals surface area contributed by atoms with Gasteiger partial charge < -0.3 is 15.4 Å². The molecule has 0 spiro atoms. The third kappa shape index (κ3) is 6.65. The zero-order chi connectivity index (χ0) is 15.6. The number of aromatic nitrogens is 1. The Bertz CT molecular complexity index is 536. The number of rotatable bonds is 6. The molecular weight excluding hydrogens is 403 g/mol. The average molecular weight is 428 g/mol. The van der Waals surface area contributed by atoms with Gasteiger partial charge in [-0.1, -0.05) is 12.0 Å². The molecule has 2 N–H and O–H groups in total. The number of guanidine groups is 1. The highest BCUT2D eigenvalue weighted by molar-refractivity contribution is 14.0. The summed E-state index contributed by atoms with van der Waals surface area (Å²) in [6.07, 6.45) is 12.0. The first-order chi connectivity index (χ1) is 10.8. The van der Waals surface area contributed by atoms with E-state index in [9.17, 15) is 0 Å². The molecular formula is C17H25IN4O. The summed E-state index contributed by atoms with van der Waals surface area (Å²) in [6, 6.07) is 3.92. The Kier molecular flexibility index (Phi) is 9.45. The van der Waals surface area contributed by atoms with Gasteiger partial charge in [0.2, 0.25) is 5.88 Å². The maximum Gasteiger partial charge on any atom is 0.218 e. The first-order valence-electron chi connectivity index (χ1n) is 7.89. The largest absolute Gasteiger partial charge is 0.474 e. The number of aliphatic imine (C=N–C) groups is 1. The lowest BCUT2D eigenvalue weighted by Crippen LogP contribution is -2.37. The van der Waals surface area contributed by atoms with Crippen LogP contribution in [0.25, 0.3) is 0 Å². The normalized spacial score (nSPS) is 14.7. The van der Waals surface area contributed by atoms with E-state index in [1.54, 1.807) is 6.20 Å². The molecule has 1 aromatic rings. The molecule has 1 aliphatic carbocycles. The Morgan fingerprint density at radius 1 is 1.43 bits per heavy atom. The lowest BCUT2D eigenvalue weighted by Gasteiger charge is -2.15. The van der Waals surface area contributed by atoms with Gasteiger partial charge in [0.05, 0.1) is 13.1 Å². The molecule has 6 heteroatoms. The summed E-state index contributed by atoms with van der Waals surface area (Å²) in [6.45, 7) is 3.76. The van der Waals surface area contributed by atoms with E-state index in [1.165, 1.54) is 12.8 Å². The van der Waals surface area contributed by atoms with Gasteiger partial charge in [-0.05, 0) is 38.7 Å². The molecule has 1 aromatic heterocycles. The van der Waals surface area contributed by atoms with Gasteiger partial charge in [0, 0.05) is 18.3 Å². The van der Waals surface area contributed by atoms with Gasteiger partial charge in [0.15, 0.2) is 5.96 Å². The fourth-order valence-corrected chi connectivity index (χ4v) is 2.46. The summed E-state index contributed by atoms with van der Waals surface area (Å²) in [7, 11) is 0. The number of pyridine rings is 1. The van der Waals surface area contributed by atoms with Gasteiger partial charge in [-0.2, -0.15) is 0 Å². The molecule has 0 atom stereocenters. The van der Waals surface area contributed by atoms with E-state index >= 15 is 0 Å². The highest BCUT2D eigenvalue weighted by Crippen LogP contribution is 2.25. The van der Waals surface area contributed by atoms with Crippen molar-refractivity contribution in [3.63, 3.8) is 0 Å². The molecule has 5 nitrogen and oxygen atoms in total. The molecule has 23 heavy (non-hydrogen) atoms. The van der Waals surface area contributed by atoms with Crippen LogP contribution in [-0.4, -0.2) is 30.1 Å². The van der Waals surface area contributed by atoms with Crippen molar-refractivity contribution in [3.05, 3.63) is 23.9 Å². The molecule has 1 heterocycles. The second-order valence-corrected chi connectivity index (χ2v) is 5.24. The van der Waals surface area contributed by atoms with Crippen molar-refractivity contribution < 1.29 is 4.74 Å². The second-order valence-electron chi connectivity index (χ2n) is 5.24. The summed E-state index contributed by atoms with van der Waals surface area (Å²) in [5.41, 5.74) is 0.993. The molecule has 0 unspecified atom stereocenters. The highest BCUT2D eigenvalue weighted by Gasteiger charge is 2.18. The molecule has 0 radical (unpaired) electrons. The van der Waals surface area contributed by atoms with Gasteiger partial charge in [-0.25, -0.2) is 9.98 Å². The van der Waals surface area contributed by atoms with E-state index in [4.69, 9.17) is 11.2 Å². The summed E-state index contributed by atoms with van der Waals surface area (Å²) in [4.78, 5) is 8.90. The molecule has 0 aliphatic heterocycles. The minimum Gasteiger partial charge on any atom is -0.474 e. The number of nitrogens with one attached hydrogen (secondary N) is 2. The maximum absolute atomic E-state index is 6.03. The maximum atomic E-state index is 6.03. The van der Waals surface area contributed by atoms with Gasteiger partial charge in [-0.3, -0.25) is 0 Å². The molecule has 0 bridgehead atoms. The summed E-state index contributed by atoms with van der Waals surface area (Å²) in [5.74, 6) is 3.95. The van der Waals surface area contributed by atoms with Crippen LogP contribution in [0.2, 0.25) is 0 Å². The molecule has 1 saturated carbocycles. The predicted octanol–water partition coefficient (Wildman–Crippen LogP) is 2.71. The summed E-state index contributed by atoms with van der Waals surface area (Å²) >= 11 is 0. The topological polar surface area (TPSA) is 58.5 Å².